The highest BCUT2D eigenvalue weighted by Crippen LogP contribution is 2.12. The van der Waals surface area contributed by atoms with E-state index in [0.29, 0.717) is 6.54 Å². The molecule has 1 heterocycles. The molecule has 122 valence electrons. The number of amides is 1. The second-order valence-electron chi connectivity index (χ2n) is 5.88. The lowest BCUT2D eigenvalue weighted by Crippen LogP contribution is -2.26. The van der Waals surface area contributed by atoms with Gasteiger partial charge < -0.3 is 5.32 Å². The van der Waals surface area contributed by atoms with Gasteiger partial charge in [0.05, 0.1) is 11.9 Å². The minimum Gasteiger partial charge on any atom is -0.352 e. The average molecular weight is 319 g/mol. The summed E-state index contributed by atoms with van der Waals surface area (Å²) < 4.78 is 1.85. The van der Waals surface area contributed by atoms with Crippen LogP contribution in [0.25, 0.3) is 5.69 Å². The van der Waals surface area contributed by atoms with E-state index in [9.17, 15) is 4.79 Å². The van der Waals surface area contributed by atoms with Crippen molar-refractivity contribution in [2.45, 2.75) is 20.3 Å². The summed E-state index contributed by atoms with van der Waals surface area (Å²) >= 11 is 0. The number of rotatable bonds is 5. The van der Waals surface area contributed by atoms with Crippen LogP contribution < -0.4 is 5.32 Å². The molecule has 1 N–H and O–H groups in total. The summed E-state index contributed by atoms with van der Waals surface area (Å²) in [7, 11) is 0. The minimum absolute atomic E-state index is 0.0216. The van der Waals surface area contributed by atoms with Gasteiger partial charge in [0.2, 0.25) is 0 Å². The summed E-state index contributed by atoms with van der Waals surface area (Å²) in [4.78, 5) is 12.3. The van der Waals surface area contributed by atoms with Gasteiger partial charge >= 0.3 is 0 Å². The lowest BCUT2D eigenvalue weighted by Gasteiger charge is -2.09. The summed E-state index contributed by atoms with van der Waals surface area (Å²) in [5.74, 6) is -0.0216. The van der Waals surface area contributed by atoms with E-state index in [1.807, 2.05) is 79.5 Å². The fraction of sp³-hybridized carbons (Fsp3) is 0.200. The van der Waals surface area contributed by atoms with Crippen molar-refractivity contribution in [2.75, 3.05) is 6.54 Å². The van der Waals surface area contributed by atoms with Gasteiger partial charge in [0, 0.05) is 18.3 Å². The standard InChI is InChI=1S/C20H21N3O/c1-15-7-6-10-19(16(15)2)20(24)21-12-11-17-13-22-23(14-17)18-8-4-3-5-9-18/h3-10,13-14H,11-12H2,1-2H3,(H,21,24). The predicted molar refractivity (Wildman–Crippen MR) is 95.5 cm³/mol. The summed E-state index contributed by atoms with van der Waals surface area (Å²) in [6.07, 6.45) is 4.60. The Morgan fingerprint density at radius 2 is 1.88 bits per heavy atom. The molecule has 0 spiro atoms. The highest BCUT2D eigenvalue weighted by atomic mass is 16.1. The molecule has 0 saturated heterocycles. The zero-order valence-corrected chi connectivity index (χ0v) is 14.0. The van der Waals surface area contributed by atoms with Gasteiger partial charge in [-0.05, 0) is 55.2 Å². The molecule has 0 saturated carbocycles. The number of nitrogens with zero attached hydrogens (tertiary/aromatic N) is 2. The maximum absolute atomic E-state index is 12.3. The molecule has 0 unspecified atom stereocenters. The van der Waals surface area contributed by atoms with Crippen molar-refractivity contribution in [1.29, 1.82) is 0 Å². The fourth-order valence-electron chi connectivity index (χ4n) is 2.62. The first kappa shape index (κ1) is 16.0. The lowest BCUT2D eigenvalue weighted by atomic mass is 10.0. The quantitative estimate of drug-likeness (QED) is 0.783. The molecule has 4 nitrogen and oxygen atoms in total. The number of aryl methyl sites for hydroxylation is 1. The third-order valence-electron chi connectivity index (χ3n) is 4.21. The number of nitrogens with one attached hydrogen (secondary N) is 1. The first-order valence-electron chi connectivity index (χ1n) is 8.08. The van der Waals surface area contributed by atoms with Crippen molar-refractivity contribution in [3.8, 4) is 5.69 Å². The lowest BCUT2D eigenvalue weighted by molar-refractivity contribution is 0.0953. The Kier molecular flexibility index (Phi) is 4.75. The Morgan fingerprint density at radius 1 is 1.08 bits per heavy atom. The molecule has 1 aromatic heterocycles. The van der Waals surface area contributed by atoms with Crippen LogP contribution in [0.15, 0.2) is 60.9 Å². The third-order valence-corrected chi connectivity index (χ3v) is 4.21. The molecule has 3 rings (SSSR count). The molecule has 1 amide bonds. The van der Waals surface area contributed by atoms with Crippen LogP contribution in [0.4, 0.5) is 0 Å². The monoisotopic (exact) mass is 319 g/mol. The molecule has 0 aliphatic carbocycles. The average Bonchev–Trinajstić information content (AvgIpc) is 3.07. The number of hydrogen-bond donors (Lipinski definition) is 1. The fourth-order valence-corrected chi connectivity index (χ4v) is 2.62. The van der Waals surface area contributed by atoms with Gasteiger partial charge in [0.15, 0.2) is 0 Å². The highest BCUT2D eigenvalue weighted by Gasteiger charge is 2.09. The van der Waals surface area contributed by atoms with E-state index >= 15 is 0 Å². The zero-order valence-electron chi connectivity index (χ0n) is 14.0. The molecule has 24 heavy (non-hydrogen) atoms. The number of aromatic nitrogens is 2. The van der Waals surface area contributed by atoms with Crippen LogP contribution in [-0.4, -0.2) is 22.2 Å². The van der Waals surface area contributed by atoms with Gasteiger partial charge in [-0.25, -0.2) is 4.68 Å². The summed E-state index contributed by atoms with van der Waals surface area (Å²) in [5, 5.41) is 7.36. The molecule has 0 radical (unpaired) electrons. The van der Waals surface area contributed by atoms with E-state index in [-0.39, 0.29) is 5.91 Å². The molecular weight excluding hydrogens is 298 g/mol. The van der Waals surface area contributed by atoms with Gasteiger partial charge in [-0.2, -0.15) is 5.10 Å². The van der Waals surface area contributed by atoms with Crippen molar-refractivity contribution in [3.05, 3.63) is 83.2 Å². The molecule has 4 heteroatoms. The van der Waals surface area contributed by atoms with Crippen LogP contribution in [0, 0.1) is 13.8 Å². The maximum Gasteiger partial charge on any atom is 0.251 e. The van der Waals surface area contributed by atoms with Crippen LogP contribution in [0.5, 0.6) is 0 Å². The Hall–Kier alpha value is -2.88. The van der Waals surface area contributed by atoms with Crippen molar-refractivity contribution in [1.82, 2.24) is 15.1 Å². The number of carbonyl (C=O) groups is 1. The van der Waals surface area contributed by atoms with E-state index in [2.05, 4.69) is 10.4 Å². The molecular formula is C20H21N3O. The summed E-state index contributed by atoms with van der Waals surface area (Å²) in [6, 6.07) is 15.8. The van der Waals surface area contributed by atoms with Crippen molar-refractivity contribution in [3.63, 3.8) is 0 Å². The van der Waals surface area contributed by atoms with Crippen LogP contribution in [0.3, 0.4) is 0 Å². The van der Waals surface area contributed by atoms with E-state index < -0.39 is 0 Å². The molecule has 0 aliphatic rings. The van der Waals surface area contributed by atoms with Crippen molar-refractivity contribution in [2.24, 2.45) is 0 Å². The van der Waals surface area contributed by atoms with Gasteiger partial charge in [0.1, 0.15) is 0 Å². The molecule has 2 aromatic carbocycles. The number of carbonyl (C=O) groups excluding carboxylic acids is 1. The molecule has 0 bridgehead atoms. The van der Waals surface area contributed by atoms with Crippen LogP contribution in [0.1, 0.15) is 27.0 Å². The first-order valence-corrected chi connectivity index (χ1v) is 8.08. The van der Waals surface area contributed by atoms with E-state index in [1.54, 1.807) is 0 Å². The SMILES string of the molecule is Cc1cccc(C(=O)NCCc2cnn(-c3ccccc3)c2)c1C. The topological polar surface area (TPSA) is 46.9 Å². The first-order chi connectivity index (χ1) is 11.6. The van der Waals surface area contributed by atoms with Crippen molar-refractivity contribution < 1.29 is 4.79 Å². The Bertz CT molecular complexity index is 837. The number of hydrogen-bond acceptors (Lipinski definition) is 2. The number of para-hydroxylation sites is 1. The largest absolute Gasteiger partial charge is 0.352 e. The summed E-state index contributed by atoms with van der Waals surface area (Å²) in [5.41, 5.74) is 5.04. The molecule has 0 aliphatic heterocycles. The maximum atomic E-state index is 12.3. The Balaban J connectivity index is 1.58. The van der Waals surface area contributed by atoms with Crippen LogP contribution >= 0.6 is 0 Å². The van der Waals surface area contributed by atoms with E-state index in [0.717, 1.165) is 34.4 Å². The third kappa shape index (κ3) is 3.54. The van der Waals surface area contributed by atoms with E-state index in [4.69, 9.17) is 0 Å². The van der Waals surface area contributed by atoms with Gasteiger partial charge in [-0.1, -0.05) is 30.3 Å². The molecule has 0 fully saturated rings. The normalized spacial score (nSPS) is 10.6. The van der Waals surface area contributed by atoms with Crippen molar-refractivity contribution >= 4 is 5.91 Å². The Morgan fingerprint density at radius 3 is 2.67 bits per heavy atom. The predicted octanol–water partition coefficient (Wildman–Crippen LogP) is 3.46. The minimum atomic E-state index is -0.0216. The van der Waals surface area contributed by atoms with Gasteiger partial charge in [-0.15, -0.1) is 0 Å². The van der Waals surface area contributed by atoms with Crippen LogP contribution in [-0.2, 0) is 6.42 Å². The smallest absolute Gasteiger partial charge is 0.251 e. The van der Waals surface area contributed by atoms with Gasteiger partial charge in [-0.3, -0.25) is 4.79 Å². The van der Waals surface area contributed by atoms with E-state index in [1.165, 1.54) is 0 Å². The van der Waals surface area contributed by atoms with Crippen LogP contribution in [0.2, 0.25) is 0 Å². The highest BCUT2D eigenvalue weighted by molar-refractivity contribution is 5.95. The number of benzene rings is 2. The second-order valence-corrected chi connectivity index (χ2v) is 5.88. The molecule has 0 atom stereocenters. The Labute approximate surface area is 142 Å². The molecule has 3 aromatic rings. The van der Waals surface area contributed by atoms with Gasteiger partial charge in [0.25, 0.3) is 5.91 Å². The summed E-state index contributed by atoms with van der Waals surface area (Å²) in [6.45, 7) is 4.59. The second kappa shape index (κ2) is 7.13. The zero-order chi connectivity index (χ0) is 16.9.